The zero-order chi connectivity index (χ0) is 14.9. The average molecular weight is 303 g/mol. The van der Waals surface area contributed by atoms with E-state index >= 15 is 0 Å². The van der Waals surface area contributed by atoms with Crippen molar-refractivity contribution in [1.82, 2.24) is 4.72 Å². The van der Waals surface area contributed by atoms with Crippen LogP contribution in [0, 0.1) is 17.6 Å². The Morgan fingerprint density at radius 2 is 2.10 bits per heavy atom. The summed E-state index contributed by atoms with van der Waals surface area (Å²) in [6.45, 7) is 1.69. The van der Waals surface area contributed by atoms with E-state index in [0.29, 0.717) is 12.8 Å². The molecule has 1 fully saturated rings. The Hall–Kier alpha value is -1.50. The van der Waals surface area contributed by atoms with Crippen molar-refractivity contribution in [3.8, 4) is 0 Å². The van der Waals surface area contributed by atoms with E-state index in [1.807, 2.05) is 4.72 Å². The van der Waals surface area contributed by atoms with Gasteiger partial charge in [0, 0.05) is 5.92 Å². The first-order valence-electron chi connectivity index (χ1n) is 6.34. The molecule has 2 rings (SSSR count). The van der Waals surface area contributed by atoms with Crippen molar-refractivity contribution in [2.24, 2.45) is 5.92 Å². The number of rotatable bonds is 5. The molecule has 0 aromatic heterocycles. The molecule has 110 valence electrons. The lowest BCUT2D eigenvalue weighted by atomic mass is 10.1. The summed E-state index contributed by atoms with van der Waals surface area (Å²) in [4.78, 5) is 11.8. The van der Waals surface area contributed by atoms with Crippen LogP contribution < -0.4 is 4.72 Å². The van der Waals surface area contributed by atoms with Crippen LogP contribution in [0.5, 0.6) is 0 Å². The van der Waals surface area contributed by atoms with Crippen LogP contribution in [0.25, 0.3) is 0 Å². The Morgan fingerprint density at radius 3 is 2.75 bits per heavy atom. The maximum Gasteiger partial charge on any atom is 0.237 e. The smallest absolute Gasteiger partial charge is 0.237 e. The summed E-state index contributed by atoms with van der Waals surface area (Å²) in [7, 11) is -3.63. The van der Waals surface area contributed by atoms with Gasteiger partial charge in [-0.05, 0) is 30.4 Å². The standard InChI is InChI=1S/C13H15F2NO3S/c1-2-6-20(18,19)16-13(17)10-7-9(10)8-4-3-5-11(14)12(8)15/h3-5,9-10H,2,6-7H2,1H3,(H,16,17)/t9-,10+/m1/s1. The van der Waals surface area contributed by atoms with E-state index in [1.54, 1.807) is 6.92 Å². The number of benzene rings is 1. The molecule has 0 aliphatic heterocycles. The largest absolute Gasteiger partial charge is 0.274 e. The zero-order valence-corrected chi connectivity index (χ0v) is 11.7. The molecule has 1 aromatic rings. The van der Waals surface area contributed by atoms with Crippen LogP contribution in [0.1, 0.15) is 31.2 Å². The van der Waals surface area contributed by atoms with Crippen LogP contribution in [0.4, 0.5) is 8.78 Å². The number of nitrogens with one attached hydrogen (secondary N) is 1. The lowest BCUT2D eigenvalue weighted by Gasteiger charge is -2.06. The van der Waals surface area contributed by atoms with Gasteiger partial charge in [0.2, 0.25) is 15.9 Å². The Bertz CT molecular complexity index is 631. The third-order valence-corrected chi connectivity index (χ3v) is 4.69. The second-order valence-corrected chi connectivity index (χ2v) is 6.72. The Balaban J connectivity index is 2.05. The predicted molar refractivity (Wildman–Crippen MR) is 69.4 cm³/mol. The Labute approximate surface area is 116 Å². The molecule has 0 unspecified atom stereocenters. The Kier molecular flexibility index (Phi) is 4.08. The number of sulfonamides is 1. The SMILES string of the molecule is CCCS(=O)(=O)NC(=O)[C@H]1C[C@@H]1c1cccc(F)c1F. The van der Waals surface area contributed by atoms with Gasteiger partial charge in [-0.1, -0.05) is 19.1 Å². The molecule has 1 saturated carbocycles. The third kappa shape index (κ3) is 3.15. The molecule has 0 saturated heterocycles. The summed E-state index contributed by atoms with van der Waals surface area (Å²) in [6, 6.07) is 3.79. The van der Waals surface area contributed by atoms with Gasteiger partial charge in [-0.2, -0.15) is 0 Å². The lowest BCUT2D eigenvalue weighted by Crippen LogP contribution is -2.33. The molecule has 0 spiro atoms. The third-order valence-electron chi connectivity index (χ3n) is 3.24. The van der Waals surface area contributed by atoms with Crippen LogP contribution in [-0.2, 0) is 14.8 Å². The second kappa shape index (κ2) is 5.47. The van der Waals surface area contributed by atoms with Crippen molar-refractivity contribution < 1.29 is 22.0 Å². The molecule has 1 aromatic carbocycles. The first-order chi connectivity index (χ1) is 9.35. The van der Waals surface area contributed by atoms with Gasteiger partial charge in [-0.25, -0.2) is 17.2 Å². The van der Waals surface area contributed by atoms with E-state index < -0.39 is 39.4 Å². The average Bonchev–Trinajstić information content (AvgIpc) is 3.12. The first kappa shape index (κ1) is 14.9. The summed E-state index contributed by atoms with van der Waals surface area (Å²) in [5.74, 6) is -3.78. The van der Waals surface area contributed by atoms with E-state index in [2.05, 4.69) is 0 Å². The summed E-state index contributed by atoms with van der Waals surface area (Å²) < 4.78 is 51.6. The molecule has 1 amide bonds. The monoisotopic (exact) mass is 303 g/mol. The minimum Gasteiger partial charge on any atom is -0.274 e. The van der Waals surface area contributed by atoms with Crippen LogP contribution >= 0.6 is 0 Å². The highest BCUT2D eigenvalue weighted by Gasteiger charge is 2.46. The molecule has 7 heteroatoms. The zero-order valence-electron chi connectivity index (χ0n) is 10.9. The number of halogens is 2. The van der Waals surface area contributed by atoms with Gasteiger partial charge in [-0.15, -0.1) is 0 Å². The quantitative estimate of drug-likeness (QED) is 0.904. The molecule has 2 atom stereocenters. The van der Waals surface area contributed by atoms with Crippen molar-refractivity contribution in [2.75, 3.05) is 5.75 Å². The highest BCUT2D eigenvalue weighted by atomic mass is 32.2. The van der Waals surface area contributed by atoms with Gasteiger partial charge in [0.15, 0.2) is 11.6 Å². The topological polar surface area (TPSA) is 63.2 Å². The summed E-state index contributed by atoms with van der Waals surface area (Å²) in [6.07, 6.45) is 0.725. The van der Waals surface area contributed by atoms with Crippen LogP contribution in [0.3, 0.4) is 0 Å². The van der Waals surface area contributed by atoms with Crippen molar-refractivity contribution in [2.45, 2.75) is 25.7 Å². The normalized spacial score (nSPS) is 21.6. The van der Waals surface area contributed by atoms with E-state index in [4.69, 9.17) is 0 Å². The lowest BCUT2D eigenvalue weighted by molar-refractivity contribution is -0.120. The van der Waals surface area contributed by atoms with Crippen LogP contribution in [0.2, 0.25) is 0 Å². The summed E-state index contributed by atoms with van der Waals surface area (Å²) in [5, 5.41) is 0. The minimum absolute atomic E-state index is 0.123. The van der Waals surface area contributed by atoms with Gasteiger partial charge in [0.05, 0.1) is 5.75 Å². The van der Waals surface area contributed by atoms with Crippen molar-refractivity contribution in [3.63, 3.8) is 0 Å². The van der Waals surface area contributed by atoms with E-state index in [-0.39, 0.29) is 11.3 Å². The van der Waals surface area contributed by atoms with Crippen LogP contribution in [0.15, 0.2) is 18.2 Å². The molecule has 0 bridgehead atoms. The van der Waals surface area contributed by atoms with Gasteiger partial charge in [0.1, 0.15) is 0 Å². The maximum absolute atomic E-state index is 13.6. The molecule has 1 aliphatic rings. The molecule has 0 heterocycles. The fourth-order valence-electron chi connectivity index (χ4n) is 2.18. The fourth-order valence-corrected chi connectivity index (χ4v) is 3.28. The number of carbonyl (C=O) groups excluding carboxylic acids is 1. The predicted octanol–water partition coefficient (Wildman–Crippen LogP) is 1.92. The summed E-state index contributed by atoms with van der Waals surface area (Å²) in [5.41, 5.74) is 0.123. The van der Waals surface area contributed by atoms with E-state index in [0.717, 1.165) is 6.07 Å². The van der Waals surface area contributed by atoms with Crippen LogP contribution in [-0.4, -0.2) is 20.1 Å². The molecular formula is C13H15F2NO3S. The molecular weight excluding hydrogens is 288 g/mol. The number of hydrogen-bond acceptors (Lipinski definition) is 3. The van der Waals surface area contributed by atoms with Crippen molar-refractivity contribution in [1.29, 1.82) is 0 Å². The van der Waals surface area contributed by atoms with Gasteiger partial charge in [0.25, 0.3) is 0 Å². The van der Waals surface area contributed by atoms with Gasteiger partial charge in [-0.3, -0.25) is 9.52 Å². The minimum atomic E-state index is -3.63. The molecule has 1 N–H and O–H groups in total. The van der Waals surface area contributed by atoms with Gasteiger partial charge < -0.3 is 0 Å². The number of hydrogen-bond donors (Lipinski definition) is 1. The second-order valence-electron chi connectivity index (χ2n) is 4.88. The molecule has 20 heavy (non-hydrogen) atoms. The molecule has 1 aliphatic carbocycles. The molecule has 4 nitrogen and oxygen atoms in total. The molecule has 0 radical (unpaired) electrons. The van der Waals surface area contributed by atoms with Crippen molar-refractivity contribution >= 4 is 15.9 Å². The fraction of sp³-hybridized carbons (Fsp3) is 0.462. The highest BCUT2D eigenvalue weighted by molar-refractivity contribution is 7.90. The summed E-state index contributed by atoms with van der Waals surface area (Å²) >= 11 is 0. The number of amides is 1. The Morgan fingerprint density at radius 1 is 1.40 bits per heavy atom. The first-order valence-corrected chi connectivity index (χ1v) is 7.99. The van der Waals surface area contributed by atoms with E-state index in [9.17, 15) is 22.0 Å². The van der Waals surface area contributed by atoms with E-state index in [1.165, 1.54) is 12.1 Å². The highest BCUT2D eigenvalue weighted by Crippen LogP contribution is 2.48. The van der Waals surface area contributed by atoms with Gasteiger partial charge >= 0.3 is 0 Å². The number of carbonyl (C=O) groups is 1. The van der Waals surface area contributed by atoms with Crippen molar-refractivity contribution in [3.05, 3.63) is 35.4 Å². The maximum atomic E-state index is 13.6.